The van der Waals surface area contributed by atoms with Crippen molar-refractivity contribution in [2.24, 2.45) is 11.1 Å². The van der Waals surface area contributed by atoms with E-state index in [1.807, 2.05) is 11.8 Å². The van der Waals surface area contributed by atoms with E-state index in [1.165, 1.54) is 0 Å². The van der Waals surface area contributed by atoms with Crippen LogP contribution in [0.5, 0.6) is 0 Å². The molecule has 0 aromatic heterocycles. The van der Waals surface area contributed by atoms with Crippen LogP contribution >= 0.6 is 12.4 Å². The molecule has 1 aliphatic heterocycles. The second-order valence-corrected chi connectivity index (χ2v) is 4.88. The molecule has 2 N–H and O–H groups in total. The number of rotatable bonds is 6. The number of carbonyl (C=O) groups is 1. The highest BCUT2D eigenvalue weighted by atomic mass is 35.5. The zero-order valence-corrected chi connectivity index (χ0v) is 11.7. The molecule has 1 heterocycles. The maximum Gasteiger partial charge on any atom is 0.222 e. The summed E-state index contributed by atoms with van der Waals surface area (Å²) in [5.74, 6) is 0.247. The molecule has 1 fully saturated rings. The number of amides is 1. The van der Waals surface area contributed by atoms with Gasteiger partial charge in [0.25, 0.3) is 0 Å². The maximum atomic E-state index is 11.8. The molecule has 0 aromatic rings. The number of hydrogen-bond donors (Lipinski definition) is 1. The second-order valence-electron chi connectivity index (χ2n) is 4.88. The highest BCUT2D eigenvalue weighted by molar-refractivity contribution is 5.85. The van der Waals surface area contributed by atoms with Crippen LogP contribution in [0, 0.1) is 5.41 Å². The van der Waals surface area contributed by atoms with E-state index in [1.54, 1.807) is 0 Å². The molecule has 1 atom stereocenters. The highest BCUT2D eigenvalue weighted by Gasteiger charge is 2.34. The Morgan fingerprint density at radius 1 is 1.53 bits per heavy atom. The third-order valence-corrected chi connectivity index (χ3v) is 3.29. The van der Waals surface area contributed by atoms with Crippen LogP contribution in [0.2, 0.25) is 0 Å². The SMILES string of the molecule is CCOCCCC(=O)N1CCC(C)(CN)C1.Cl. The first-order valence-corrected chi connectivity index (χ1v) is 6.17. The summed E-state index contributed by atoms with van der Waals surface area (Å²) in [5, 5.41) is 0. The first kappa shape index (κ1) is 16.7. The summed E-state index contributed by atoms with van der Waals surface area (Å²) in [7, 11) is 0. The summed E-state index contributed by atoms with van der Waals surface area (Å²) in [6.45, 7) is 7.87. The topological polar surface area (TPSA) is 55.6 Å². The molecule has 1 aliphatic rings. The molecule has 5 heteroatoms. The Bertz CT molecular complexity index is 239. The molecule has 17 heavy (non-hydrogen) atoms. The van der Waals surface area contributed by atoms with Crippen LogP contribution in [-0.4, -0.2) is 43.7 Å². The fourth-order valence-electron chi connectivity index (χ4n) is 2.03. The molecule has 0 spiro atoms. The number of nitrogens with two attached hydrogens (primary N) is 1. The molecule has 1 saturated heterocycles. The Kier molecular flexibility index (Phi) is 7.75. The molecule has 102 valence electrons. The van der Waals surface area contributed by atoms with Crippen LogP contribution in [0.3, 0.4) is 0 Å². The van der Waals surface area contributed by atoms with Crippen LogP contribution in [-0.2, 0) is 9.53 Å². The summed E-state index contributed by atoms with van der Waals surface area (Å²) in [6.07, 6.45) is 2.45. The zero-order chi connectivity index (χ0) is 12.0. The van der Waals surface area contributed by atoms with Gasteiger partial charge in [-0.15, -0.1) is 12.4 Å². The van der Waals surface area contributed by atoms with Gasteiger partial charge in [-0.1, -0.05) is 6.92 Å². The van der Waals surface area contributed by atoms with E-state index in [0.29, 0.717) is 19.6 Å². The lowest BCUT2D eigenvalue weighted by Gasteiger charge is -2.22. The fraction of sp³-hybridized carbons (Fsp3) is 0.917. The second kappa shape index (κ2) is 7.90. The largest absolute Gasteiger partial charge is 0.382 e. The maximum absolute atomic E-state index is 11.8. The average molecular weight is 265 g/mol. The monoisotopic (exact) mass is 264 g/mol. The number of ether oxygens (including phenoxy) is 1. The molecule has 0 bridgehead atoms. The number of nitrogens with zero attached hydrogens (tertiary/aromatic N) is 1. The van der Waals surface area contributed by atoms with Crippen molar-refractivity contribution in [1.82, 2.24) is 4.90 Å². The molecule has 0 aliphatic carbocycles. The van der Waals surface area contributed by atoms with Crippen LogP contribution in [0.25, 0.3) is 0 Å². The third kappa shape index (κ3) is 5.23. The highest BCUT2D eigenvalue weighted by Crippen LogP contribution is 2.28. The molecular weight excluding hydrogens is 240 g/mol. The molecular formula is C12H25ClN2O2. The van der Waals surface area contributed by atoms with E-state index >= 15 is 0 Å². The Labute approximate surface area is 110 Å². The van der Waals surface area contributed by atoms with Gasteiger partial charge in [-0.3, -0.25) is 4.79 Å². The van der Waals surface area contributed by atoms with E-state index in [4.69, 9.17) is 10.5 Å². The van der Waals surface area contributed by atoms with Gasteiger partial charge in [-0.05, 0) is 31.7 Å². The van der Waals surface area contributed by atoms with Crippen LogP contribution in [0.1, 0.15) is 33.1 Å². The van der Waals surface area contributed by atoms with Crippen LogP contribution in [0.4, 0.5) is 0 Å². The lowest BCUT2D eigenvalue weighted by Crippen LogP contribution is -2.34. The van der Waals surface area contributed by atoms with Crippen molar-refractivity contribution in [3.05, 3.63) is 0 Å². The van der Waals surface area contributed by atoms with Crippen molar-refractivity contribution < 1.29 is 9.53 Å². The molecule has 1 amide bonds. The summed E-state index contributed by atoms with van der Waals surface area (Å²) < 4.78 is 5.22. The van der Waals surface area contributed by atoms with Crippen molar-refractivity contribution in [2.45, 2.75) is 33.1 Å². The predicted octanol–water partition coefficient (Wildman–Crippen LogP) is 1.42. The van der Waals surface area contributed by atoms with Gasteiger partial charge in [-0.25, -0.2) is 0 Å². The number of likely N-dealkylation sites (tertiary alicyclic amines) is 1. The van der Waals surface area contributed by atoms with Crippen molar-refractivity contribution >= 4 is 18.3 Å². The predicted molar refractivity (Wildman–Crippen MR) is 71.3 cm³/mol. The first-order chi connectivity index (χ1) is 7.61. The lowest BCUT2D eigenvalue weighted by molar-refractivity contribution is -0.130. The van der Waals surface area contributed by atoms with E-state index in [9.17, 15) is 4.79 Å². The van der Waals surface area contributed by atoms with Crippen molar-refractivity contribution in [3.8, 4) is 0 Å². The summed E-state index contributed by atoms with van der Waals surface area (Å²) >= 11 is 0. The van der Waals surface area contributed by atoms with Gasteiger partial charge in [0, 0.05) is 32.7 Å². The molecule has 0 radical (unpaired) electrons. The fourth-order valence-corrected chi connectivity index (χ4v) is 2.03. The van der Waals surface area contributed by atoms with Gasteiger partial charge in [-0.2, -0.15) is 0 Å². The standard InChI is InChI=1S/C12H24N2O2.ClH/c1-3-16-8-4-5-11(15)14-7-6-12(2,9-13)10-14;/h3-10,13H2,1-2H3;1H. The molecule has 1 unspecified atom stereocenters. The van der Waals surface area contributed by atoms with E-state index in [2.05, 4.69) is 6.92 Å². The number of hydrogen-bond acceptors (Lipinski definition) is 3. The molecule has 1 rings (SSSR count). The van der Waals surface area contributed by atoms with Crippen LogP contribution < -0.4 is 5.73 Å². The summed E-state index contributed by atoms with van der Waals surface area (Å²) in [6, 6.07) is 0. The van der Waals surface area contributed by atoms with Gasteiger partial charge < -0.3 is 15.4 Å². The van der Waals surface area contributed by atoms with E-state index in [-0.39, 0.29) is 23.7 Å². The van der Waals surface area contributed by atoms with Gasteiger partial charge in [0.2, 0.25) is 5.91 Å². The van der Waals surface area contributed by atoms with E-state index < -0.39 is 0 Å². The lowest BCUT2D eigenvalue weighted by atomic mass is 9.90. The van der Waals surface area contributed by atoms with Gasteiger partial charge in [0.1, 0.15) is 0 Å². The van der Waals surface area contributed by atoms with Crippen molar-refractivity contribution in [2.75, 3.05) is 32.8 Å². The average Bonchev–Trinajstić information content (AvgIpc) is 2.68. The number of halogens is 1. The van der Waals surface area contributed by atoms with Gasteiger partial charge >= 0.3 is 0 Å². The Morgan fingerprint density at radius 2 is 2.24 bits per heavy atom. The Balaban J connectivity index is 0.00000256. The van der Waals surface area contributed by atoms with Crippen molar-refractivity contribution in [3.63, 3.8) is 0 Å². The first-order valence-electron chi connectivity index (χ1n) is 6.17. The van der Waals surface area contributed by atoms with E-state index in [0.717, 1.165) is 32.5 Å². The van der Waals surface area contributed by atoms with Crippen molar-refractivity contribution in [1.29, 1.82) is 0 Å². The minimum atomic E-state index is 0. The zero-order valence-electron chi connectivity index (χ0n) is 10.9. The molecule has 0 aromatic carbocycles. The molecule has 4 nitrogen and oxygen atoms in total. The minimum absolute atomic E-state index is 0. The summed E-state index contributed by atoms with van der Waals surface area (Å²) in [5.41, 5.74) is 5.85. The number of carbonyl (C=O) groups excluding carboxylic acids is 1. The summed E-state index contributed by atoms with van der Waals surface area (Å²) in [4.78, 5) is 13.8. The minimum Gasteiger partial charge on any atom is -0.382 e. The third-order valence-electron chi connectivity index (χ3n) is 3.29. The Morgan fingerprint density at radius 3 is 2.76 bits per heavy atom. The van der Waals surface area contributed by atoms with Gasteiger partial charge in [0.15, 0.2) is 0 Å². The molecule has 0 saturated carbocycles. The quantitative estimate of drug-likeness (QED) is 0.739. The normalized spacial score (nSPS) is 23.6. The van der Waals surface area contributed by atoms with Crippen LogP contribution in [0.15, 0.2) is 0 Å². The Hall–Kier alpha value is -0.320. The van der Waals surface area contributed by atoms with Gasteiger partial charge in [0.05, 0.1) is 0 Å². The smallest absolute Gasteiger partial charge is 0.222 e.